The molecular weight excluding hydrogens is 236 g/mol. The van der Waals surface area contributed by atoms with Crippen molar-refractivity contribution in [1.82, 2.24) is 4.90 Å². The summed E-state index contributed by atoms with van der Waals surface area (Å²) < 4.78 is 0. The third-order valence-corrected chi connectivity index (χ3v) is 4.11. The molecular formula is C16H24N2O. The smallest absolute Gasteiger partial charge is 0.253 e. The van der Waals surface area contributed by atoms with Gasteiger partial charge in [-0.05, 0) is 35.4 Å². The molecule has 1 aliphatic heterocycles. The van der Waals surface area contributed by atoms with Crippen LogP contribution in [0.25, 0.3) is 0 Å². The van der Waals surface area contributed by atoms with Gasteiger partial charge in [0.15, 0.2) is 0 Å². The van der Waals surface area contributed by atoms with Gasteiger partial charge in [0.2, 0.25) is 0 Å². The van der Waals surface area contributed by atoms with E-state index in [0.29, 0.717) is 12.5 Å². The van der Waals surface area contributed by atoms with Crippen LogP contribution in [0.3, 0.4) is 0 Å². The van der Waals surface area contributed by atoms with Gasteiger partial charge < -0.3 is 10.6 Å². The molecule has 1 atom stereocenters. The first kappa shape index (κ1) is 14.1. The van der Waals surface area contributed by atoms with Crippen molar-refractivity contribution in [2.24, 2.45) is 17.1 Å². The van der Waals surface area contributed by atoms with Crippen LogP contribution in [0.4, 0.5) is 0 Å². The van der Waals surface area contributed by atoms with Crippen LogP contribution in [0.5, 0.6) is 0 Å². The van der Waals surface area contributed by atoms with E-state index in [2.05, 4.69) is 20.8 Å². The van der Waals surface area contributed by atoms with Crippen LogP contribution in [0, 0.1) is 11.3 Å². The minimum absolute atomic E-state index is 0.141. The molecule has 1 unspecified atom stereocenters. The van der Waals surface area contributed by atoms with E-state index in [0.717, 1.165) is 30.6 Å². The number of nitrogens with two attached hydrogens (primary N) is 1. The normalized spacial score (nSPS) is 19.8. The zero-order chi connectivity index (χ0) is 14.0. The highest BCUT2D eigenvalue weighted by Gasteiger charge is 2.34. The van der Waals surface area contributed by atoms with E-state index in [1.807, 2.05) is 29.2 Å². The Hall–Kier alpha value is -1.35. The number of carbonyl (C=O) groups excluding carboxylic acids is 1. The van der Waals surface area contributed by atoms with Crippen molar-refractivity contribution in [3.63, 3.8) is 0 Å². The monoisotopic (exact) mass is 260 g/mol. The second-order valence-electron chi connectivity index (χ2n) is 6.51. The predicted octanol–water partition coefficient (Wildman–Crippen LogP) is 2.65. The molecule has 0 radical (unpaired) electrons. The first-order valence-corrected chi connectivity index (χ1v) is 7.00. The average molecular weight is 260 g/mol. The molecule has 104 valence electrons. The first-order valence-electron chi connectivity index (χ1n) is 7.00. The lowest BCUT2D eigenvalue weighted by atomic mass is 9.80. The van der Waals surface area contributed by atoms with Gasteiger partial charge in [0, 0.05) is 25.2 Å². The second-order valence-corrected chi connectivity index (χ2v) is 6.51. The summed E-state index contributed by atoms with van der Waals surface area (Å²) in [6.45, 7) is 8.97. The third-order valence-electron chi connectivity index (χ3n) is 4.11. The fourth-order valence-corrected chi connectivity index (χ4v) is 2.67. The summed E-state index contributed by atoms with van der Waals surface area (Å²) in [6, 6.07) is 7.66. The molecule has 0 bridgehead atoms. The molecule has 1 saturated heterocycles. The Bertz CT molecular complexity index is 462. The van der Waals surface area contributed by atoms with Crippen LogP contribution in [0.1, 0.15) is 43.1 Å². The Labute approximate surface area is 115 Å². The maximum absolute atomic E-state index is 12.5. The Morgan fingerprint density at radius 1 is 1.42 bits per heavy atom. The van der Waals surface area contributed by atoms with Gasteiger partial charge in [-0.1, -0.05) is 32.9 Å². The molecule has 0 saturated carbocycles. The van der Waals surface area contributed by atoms with Crippen molar-refractivity contribution in [2.45, 2.75) is 33.7 Å². The number of hydrogen-bond acceptors (Lipinski definition) is 2. The van der Waals surface area contributed by atoms with Gasteiger partial charge in [0.05, 0.1) is 0 Å². The summed E-state index contributed by atoms with van der Waals surface area (Å²) in [5, 5.41) is 0. The lowest BCUT2D eigenvalue weighted by Gasteiger charge is -2.27. The van der Waals surface area contributed by atoms with Crippen LogP contribution in [0.2, 0.25) is 0 Å². The molecule has 1 aliphatic rings. The van der Waals surface area contributed by atoms with Crippen molar-refractivity contribution in [1.29, 1.82) is 0 Å². The minimum Gasteiger partial charge on any atom is -0.338 e. The predicted molar refractivity (Wildman–Crippen MR) is 77.8 cm³/mol. The van der Waals surface area contributed by atoms with Crippen molar-refractivity contribution in [3.05, 3.63) is 35.4 Å². The highest BCUT2D eigenvalue weighted by atomic mass is 16.2. The minimum atomic E-state index is 0.141. The molecule has 2 N–H and O–H groups in total. The fourth-order valence-electron chi connectivity index (χ4n) is 2.67. The van der Waals surface area contributed by atoms with E-state index >= 15 is 0 Å². The number of carbonyl (C=O) groups is 1. The number of likely N-dealkylation sites (tertiary alicyclic amines) is 1. The summed E-state index contributed by atoms with van der Waals surface area (Å²) in [6.07, 6.45) is 1.10. The van der Waals surface area contributed by atoms with Gasteiger partial charge in [-0.2, -0.15) is 0 Å². The topological polar surface area (TPSA) is 46.3 Å². The van der Waals surface area contributed by atoms with Crippen LogP contribution in [-0.2, 0) is 6.54 Å². The van der Waals surface area contributed by atoms with Crippen molar-refractivity contribution < 1.29 is 4.79 Å². The van der Waals surface area contributed by atoms with Gasteiger partial charge >= 0.3 is 0 Å². The van der Waals surface area contributed by atoms with Crippen LogP contribution >= 0.6 is 0 Å². The maximum atomic E-state index is 12.5. The molecule has 0 aliphatic carbocycles. The van der Waals surface area contributed by atoms with E-state index in [-0.39, 0.29) is 11.3 Å². The highest BCUT2D eigenvalue weighted by Crippen LogP contribution is 2.34. The first-order chi connectivity index (χ1) is 8.91. The van der Waals surface area contributed by atoms with E-state index in [1.165, 1.54) is 0 Å². The number of amides is 1. The van der Waals surface area contributed by atoms with Gasteiger partial charge in [0.25, 0.3) is 5.91 Å². The summed E-state index contributed by atoms with van der Waals surface area (Å²) in [4.78, 5) is 14.5. The largest absolute Gasteiger partial charge is 0.338 e. The second kappa shape index (κ2) is 5.33. The maximum Gasteiger partial charge on any atom is 0.253 e. The summed E-state index contributed by atoms with van der Waals surface area (Å²) in [7, 11) is 0. The Balaban J connectivity index is 2.09. The van der Waals surface area contributed by atoms with Crippen LogP contribution in [0.15, 0.2) is 24.3 Å². The van der Waals surface area contributed by atoms with Crippen LogP contribution < -0.4 is 5.73 Å². The molecule has 3 heteroatoms. The van der Waals surface area contributed by atoms with Crippen molar-refractivity contribution >= 4 is 5.91 Å². The molecule has 1 fully saturated rings. The Kier molecular flexibility index (Phi) is 3.95. The molecule has 2 rings (SSSR count). The lowest BCUT2D eigenvalue weighted by molar-refractivity contribution is 0.0776. The molecule has 19 heavy (non-hydrogen) atoms. The van der Waals surface area contributed by atoms with E-state index in [1.54, 1.807) is 0 Å². The molecule has 1 heterocycles. The van der Waals surface area contributed by atoms with E-state index < -0.39 is 0 Å². The van der Waals surface area contributed by atoms with Crippen LogP contribution in [-0.4, -0.2) is 23.9 Å². The van der Waals surface area contributed by atoms with Gasteiger partial charge in [-0.25, -0.2) is 0 Å². The lowest BCUT2D eigenvalue weighted by Crippen LogP contribution is -2.31. The number of hydrogen-bond donors (Lipinski definition) is 1. The van der Waals surface area contributed by atoms with Gasteiger partial charge in [-0.15, -0.1) is 0 Å². The molecule has 3 nitrogen and oxygen atoms in total. The summed E-state index contributed by atoms with van der Waals surface area (Å²) >= 11 is 0. The fraction of sp³-hybridized carbons (Fsp3) is 0.562. The van der Waals surface area contributed by atoms with Crippen molar-refractivity contribution in [2.75, 3.05) is 13.1 Å². The quantitative estimate of drug-likeness (QED) is 0.888. The Morgan fingerprint density at radius 2 is 2.16 bits per heavy atom. The van der Waals surface area contributed by atoms with E-state index in [9.17, 15) is 4.79 Å². The summed E-state index contributed by atoms with van der Waals surface area (Å²) in [5.74, 6) is 0.733. The SMILES string of the molecule is CC(C)(C)C1CCN(C(=O)c2cccc(CN)c2)C1. The summed E-state index contributed by atoms with van der Waals surface area (Å²) in [5.41, 5.74) is 7.67. The van der Waals surface area contributed by atoms with Crippen molar-refractivity contribution in [3.8, 4) is 0 Å². The van der Waals surface area contributed by atoms with Gasteiger partial charge in [0.1, 0.15) is 0 Å². The molecule has 1 aromatic rings. The zero-order valence-corrected chi connectivity index (χ0v) is 12.1. The average Bonchev–Trinajstić information content (AvgIpc) is 2.87. The zero-order valence-electron chi connectivity index (χ0n) is 12.1. The van der Waals surface area contributed by atoms with Gasteiger partial charge in [-0.3, -0.25) is 4.79 Å². The highest BCUT2D eigenvalue weighted by molar-refractivity contribution is 5.94. The molecule has 1 aromatic carbocycles. The molecule has 1 amide bonds. The number of rotatable bonds is 2. The molecule has 0 spiro atoms. The number of nitrogens with zero attached hydrogens (tertiary/aromatic N) is 1. The number of benzene rings is 1. The molecule has 0 aromatic heterocycles. The Morgan fingerprint density at radius 3 is 2.74 bits per heavy atom. The van der Waals surface area contributed by atoms with E-state index in [4.69, 9.17) is 5.73 Å². The standard InChI is InChI=1S/C16H24N2O/c1-16(2,3)14-7-8-18(11-14)15(19)13-6-4-5-12(9-13)10-17/h4-6,9,14H,7-8,10-11,17H2,1-3H3. The third kappa shape index (κ3) is 3.16.